The highest BCUT2D eigenvalue weighted by molar-refractivity contribution is 6.00. The Bertz CT molecular complexity index is 1340. The topological polar surface area (TPSA) is 69.7 Å². The lowest BCUT2D eigenvalue weighted by atomic mass is 9.95. The van der Waals surface area contributed by atoms with Crippen molar-refractivity contribution in [3.63, 3.8) is 0 Å². The van der Waals surface area contributed by atoms with Crippen molar-refractivity contribution in [1.29, 1.82) is 0 Å². The van der Waals surface area contributed by atoms with Crippen molar-refractivity contribution in [2.24, 2.45) is 7.05 Å². The molecule has 7 nitrogen and oxygen atoms in total. The van der Waals surface area contributed by atoms with Gasteiger partial charge in [0.05, 0.1) is 31.2 Å². The Hall–Kier alpha value is -4.26. The third-order valence-corrected chi connectivity index (χ3v) is 6.03. The highest BCUT2D eigenvalue weighted by Gasteiger charge is 2.44. The van der Waals surface area contributed by atoms with Gasteiger partial charge in [0.25, 0.3) is 5.91 Å². The molecule has 1 aliphatic heterocycles. The zero-order valence-electron chi connectivity index (χ0n) is 19.8. The number of hydrogen-bond donors (Lipinski definition) is 0. The van der Waals surface area contributed by atoms with E-state index >= 15 is 0 Å². The lowest BCUT2D eigenvalue weighted by molar-refractivity contribution is 0.0712. The van der Waals surface area contributed by atoms with Crippen LogP contribution in [0.5, 0.6) is 11.5 Å². The van der Waals surface area contributed by atoms with Gasteiger partial charge < -0.3 is 18.8 Å². The molecule has 0 saturated carbocycles. The highest BCUT2D eigenvalue weighted by Crippen LogP contribution is 2.45. The maximum Gasteiger partial charge on any atom is 0.273 e. The summed E-state index contributed by atoms with van der Waals surface area (Å²) in [6.07, 6.45) is 3.31. The minimum atomic E-state index is -0.376. The molecule has 2 aromatic carbocycles. The summed E-state index contributed by atoms with van der Waals surface area (Å²) in [7, 11) is 1.81. The van der Waals surface area contributed by atoms with Gasteiger partial charge in [-0.25, -0.2) is 0 Å². The number of aromatic nitrogens is 2. The molecule has 0 saturated heterocycles. The first-order chi connectivity index (χ1) is 17.1. The Labute approximate surface area is 204 Å². The van der Waals surface area contributed by atoms with Crippen molar-refractivity contribution in [2.45, 2.75) is 19.5 Å². The highest BCUT2D eigenvalue weighted by atomic mass is 16.5. The molecule has 0 unspecified atom stereocenters. The Morgan fingerprint density at radius 1 is 1.09 bits per heavy atom. The van der Waals surface area contributed by atoms with Crippen LogP contribution >= 0.6 is 0 Å². The van der Waals surface area contributed by atoms with E-state index in [9.17, 15) is 4.79 Å². The predicted octanol–water partition coefficient (Wildman–Crippen LogP) is 5.39. The van der Waals surface area contributed by atoms with Gasteiger partial charge in [-0.3, -0.25) is 9.48 Å². The van der Waals surface area contributed by atoms with Crippen molar-refractivity contribution < 1.29 is 18.7 Å². The van der Waals surface area contributed by atoms with Crippen LogP contribution in [0.15, 0.2) is 84.0 Å². The monoisotopic (exact) mass is 469 g/mol. The molecule has 3 heterocycles. The zero-order chi connectivity index (χ0) is 24.4. The quantitative estimate of drug-likeness (QED) is 0.308. The third-order valence-electron chi connectivity index (χ3n) is 6.03. The fraction of sp³-hybridized carbons (Fsp3) is 0.214. The molecule has 35 heavy (non-hydrogen) atoms. The average molecular weight is 470 g/mol. The van der Waals surface area contributed by atoms with Gasteiger partial charge in [-0.1, -0.05) is 49.1 Å². The molecular weight excluding hydrogens is 442 g/mol. The van der Waals surface area contributed by atoms with Crippen molar-refractivity contribution in [1.82, 2.24) is 14.7 Å². The number of nitrogens with zero attached hydrogens (tertiary/aromatic N) is 3. The number of carbonyl (C=O) groups is 1. The summed E-state index contributed by atoms with van der Waals surface area (Å²) in [5.74, 6) is 1.87. The molecule has 0 spiro atoms. The number of furan rings is 1. The molecule has 1 amide bonds. The largest absolute Gasteiger partial charge is 0.490 e. The first-order valence-electron chi connectivity index (χ1n) is 11.6. The number of carbonyl (C=O) groups excluding carboxylic acids is 1. The van der Waals surface area contributed by atoms with Crippen molar-refractivity contribution in [2.75, 3.05) is 13.2 Å². The van der Waals surface area contributed by atoms with Crippen LogP contribution in [0.2, 0.25) is 0 Å². The lowest BCUT2D eigenvalue weighted by Crippen LogP contribution is -2.29. The van der Waals surface area contributed by atoms with Crippen LogP contribution in [-0.2, 0) is 13.6 Å². The van der Waals surface area contributed by atoms with E-state index in [1.54, 1.807) is 17.0 Å². The Kier molecular flexibility index (Phi) is 6.14. The van der Waals surface area contributed by atoms with Crippen molar-refractivity contribution in [3.8, 4) is 22.8 Å². The molecule has 0 aliphatic carbocycles. The van der Waals surface area contributed by atoms with E-state index < -0.39 is 0 Å². The number of fused-ring (bicyclic) bond motifs is 1. The maximum atomic E-state index is 13.7. The zero-order valence-corrected chi connectivity index (χ0v) is 19.8. The number of hydrogen-bond acceptors (Lipinski definition) is 5. The standard InChI is InChI=1S/C28H27N3O4/c1-4-15-35-22-14-13-20(17-23(22)33-5-2)26-24-25(19-10-7-6-8-11-19)29-30(3)27(24)28(32)31(26)18-21-12-9-16-34-21/h4,6-14,16-17,26H,1,5,15,18H2,2-3H3/t26-/m1/s1. The van der Waals surface area contributed by atoms with E-state index in [1.165, 1.54) is 0 Å². The molecule has 178 valence electrons. The smallest absolute Gasteiger partial charge is 0.273 e. The average Bonchev–Trinajstić information content (AvgIpc) is 3.57. The van der Waals surface area contributed by atoms with Gasteiger partial charge in [0.15, 0.2) is 11.5 Å². The fourth-order valence-electron chi connectivity index (χ4n) is 4.58. The van der Waals surface area contributed by atoms with Crippen molar-refractivity contribution in [3.05, 3.63) is 102 Å². The van der Waals surface area contributed by atoms with Crippen LogP contribution in [0.4, 0.5) is 0 Å². The van der Waals surface area contributed by atoms with E-state index in [-0.39, 0.29) is 11.9 Å². The van der Waals surface area contributed by atoms with E-state index in [0.29, 0.717) is 42.7 Å². The second-order valence-electron chi connectivity index (χ2n) is 8.25. The predicted molar refractivity (Wildman–Crippen MR) is 132 cm³/mol. The molecular formula is C28H27N3O4. The molecule has 4 aromatic rings. The van der Waals surface area contributed by atoms with Crippen LogP contribution in [0.1, 0.15) is 40.3 Å². The summed E-state index contributed by atoms with van der Waals surface area (Å²) < 4.78 is 19.0. The number of benzene rings is 2. The fourth-order valence-corrected chi connectivity index (χ4v) is 4.58. The van der Waals surface area contributed by atoms with Crippen LogP contribution in [0.3, 0.4) is 0 Å². The lowest BCUT2D eigenvalue weighted by Gasteiger charge is -2.26. The van der Waals surface area contributed by atoms with Crippen LogP contribution in [0, 0.1) is 0 Å². The van der Waals surface area contributed by atoms with Crippen molar-refractivity contribution >= 4 is 5.91 Å². The Morgan fingerprint density at radius 2 is 1.91 bits per heavy atom. The summed E-state index contributed by atoms with van der Waals surface area (Å²) >= 11 is 0. The minimum Gasteiger partial charge on any atom is -0.490 e. The third kappa shape index (κ3) is 4.10. The van der Waals surface area contributed by atoms with E-state index in [0.717, 1.165) is 22.4 Å². The van der Waals surface area contributed by atoms with E-state index in [4.69, 9.17) is 19.0 Å². The summed E-state index contributed by atoms with van der Waals surface area (Å²) in [4.78, 5) is 15.6. The second-order valence-corrected chi connectivity index (χ2v) is 8.25. The number of aryl methyl sites for hydroxylation is 1. The van der Waals surface area contributed by atoms with E-state index in [1.807, 2.05) is 79.5 Å². The number of rotatable bonds is 9. The van der Waals surface area contributed by atoms with Gasteiger partial charge in [-0.05, 0) is 36.8 Å². The summed E-state index contributed by atoms with van der Waals surface area (Å²) in [5.41, 5.74) is 4.09. The van der Waals surface area contributed by atoms with Gasteiger partial charge in [0, 0.05) is 18.2 Å². The molecule has 7 heteroatoms. The molecule has 1 atom stereocenters. The maximum absolute atomic E-state index is 13.7. The first-order valence-corrected chi connectivity index (χ1v) is 11.6. The van der Waals surface area contributed by atoms with Crippen LogP contribution < -0.4 is 9.47 Å². The van der Waals surface area contributed by atoms with Crippen LogP contribution in [0.25, 0.3) is 11.3 Å². The number of amides is 1. The molecule has 0 bridgehead atoms. The van der Waals surface area contributed by atoms with Gasteiger partial charge >= 0.3 is 0 Å². The molecule has 2 aromatic heterocycles. The molecule has 0 fully saturated rings. The summed E-state index contributed by atoms with van der Waals surface area (Å²) in [5, 5.41) is 4.76. The van der Waals surface area contributed by atoms with Gasteiger partial charge in [-0.15, -0.1) is 0 Å². The van der Waals surface area contributed by atoms with Gasteiger partial charge in [0.2, 0.25) is 0 Å². The Morgan fingerprint density at radius 3 is 2.63 bits per heavy atom. The molecule has 5 rings (SSSR count). The molecule has 0 N–H and O–H groups in total. The second kappa shape index (κ2) is 9.54. The van der Waals surface area contributed by atoms with Crippen LogP contribution in [-0.4, -0.2) is 33.8 Å². The molecule has 0 radical (unpaired) electrons. The summed E-state index contributed by atoms with van der Waals surface area (Å²) in [6.45, 7) is 6.84. The SMILES string of the molecule is C=CCOc1ccc([C@@H]2c3c(-c4ccccc4)nn(C)c3C(=O)N2Cc2ccco2)cc1OCC. The minimum absolute atomic E-state index is 0.0940. The van der Waals surface area contributed by atoms with E-state index in [2.05, 4.69) is 6.58 Å². The van der Waals surface area contributed by atoms with Gasteiger partial charge in [-0.2, -0.15) is 5.10 Å². The molecule has 1 aliphatic rings. The Balaban J connectivity index is 1.67. The first kappa shape index (κ1) is 22.5. The number of ether oxygens (including phenoxy) is 2. The normalized spacial score (nSPS) is 14.7. The summed E-state index contributed by atoms with van der Waals surface area (Å²) in [6, 6.07) is 19.1. The van der Waals surface area contributed by atoms with Gasteiger partial charge in [0.1, 0.15) is 18.1 Å².